The summed E-state index contributed by atoms with van der Waals surface area (Å²) in [5.41, 5.74) is 0. The highest BCUT2D eigenvalue weighted by atomic mass is 16.7. The molecular formula is C64H121NO10. The van der Waals surface area contributed by atoms with Crippen LogP contribution in [0.4, 0.5) is 0 Å². The fourth-order valence-corrected chi connectivity index (χ4v) is 10.2. The van der Waals surface area contributed by atoms with Crippen LogP contribution in [0.5, 0.6) is 0 Å². The van der Waals surface area contributed by atoms with E-state index in [1.165, 1.54) is 225 Å². The van der Waals surface area contributed by atoms with Crippen LogP contribution in [0.25, 0.3) is 0 Å². The van der Waals surface area contributed by atoms with E-state index >= 15 is 0 Å². The summed E-state index contributed by atoms with van der Waals surface area (Å²) in [6.45, 7) is 4.33. The standard InChI is InChI=1S/C64H121NO10/c1-3-5-7-9-11-13-14-28-32-36-40-44-48-52-60(69)73-53-49-45-41-37-33-30-27-25-23-21-19-17-15-16-18-20-22-24-26-29-31-35-39-43-47-51-59(68)65-56(57(67)50-46-42-38-34-12-10-8-6-4-2)55-74-64-63(72)62(71)61(70)58(54-66)75-64/h16,18,46,50,56-58,61-64,66-67,70-72H,3-15,17,19-45,47-49,51-55H2,1-2H3,(H,65,68)/b18-16-,50-46+. The molecule has 11 heteroatoms. The lowest BCUT2D eigenvalue weighted by Crippen LogP contribution is -2.60. The van der Waals surface area contributed by atoms with Crippen molar-refractivity contribution in [2.75, 3.05) is 19.8 Å². The minimum Gasteiger partial charge on any atom is -0.466 e. The highest BCUT2D eigenvalue weighted by Crippen LogP contribution is 2.23. The van der Waals surface area contributed by atoms with E-state index in [9.17, 15) is 35.1 Å². The average Bonchev–Trinajstić information content (AvgIpc) is 3.41. The molecule has 0 bridgehead atoms. The number of carbonyl (C=O) groups is 2. The number of amides is 1. The van der Waals surface area contributed by atoms with E-state index in [1.54, 1.807) is 6.08 Å². The zero-order chi connectivity index (χ0) is 54.5. The number of aliphatic hydroxyl groups is 5. The zero-order valence-corrected chi connectivity index (χ0v) is 48.8. The second kappa shape index (κ2) is 54.1. The number of nitrogens with one attached hydrogen (secondary N) is 1. The SMILES string of the molecule is CCCCCCCCC/C=C/C(O)C(COC1OC(CO)C(O)C(O)C1O)NC(=O)CCCCCCCCCCC/C=C\CCCCCCCCCCCCCCOC(=O)CCCCCCCCCCCCCCC. The molecule has 11 nitrogen and oxygen atoms in total. The Morgan fingerprint density at radius 1 is 0.480 bits per heavy atom. The topological polar surface area (TPSA) is 175 Å². The molecule has 0 aliphatic carbocycles. The Bertz CT molecular complexity index is 1300. The molecule has 1 rings (SSSR count). The van der Waals surface area contributed by atoms with Crippen molar-refractivity contribution in [1.82, 2.24) is 5.32 Å². The van der Waals surface area contributed by atoms with Gasteiger partial charge in [-0.3, -0.25) is 9.59 Å². The van der Waals surface area contributed by atoms with Crippen LogP contribution in [-0.4, -0.2) is 100 Å². The van der Waals surface area contributed by atoms with Crippen LogP contribution < -0.4 is 5.32 Å². The quantitative estimate of drug-likeness (QED) is 0.0195. The maximum Gasteiger partial charge on any atom is 0.305 e. The molecule has 0 aromatic carbocycles. The van der Waals surface area contributed by atoms with Crippen molar-refractivity contribution in [2.45, 2.75) is 352 Å². The number of allylic oxidation sites excluding steroid dienone is 3. The number of rotatable bonds is 56. The van der Waals surface area contributed by atoms with E-state index in [1.807, 2.05) is 6.08 Å². The lowest BCUT2D eigenvalue weighted by atomic mass is 9.99. The van der Waals surface area contributed by atoms with Gasteiger partial charge >= 0.3 is 5.97 Å². The molecule has 442 valence electrons. The molecule has 1 amide bonds. The third-order valence-corrected chi connectivity index (χ3v) is 15.3. The Morgan fingerprint density at radius 2 is 0.853 bits per heavy atom. The van der Waals surface area contributed by atoms with Crippen LogP contribution in [-0.2, 0) is 23.8 Å². The van der Waals surface area contributed by atoms with Crippen molar-refractivity contribution in [2.24, 2.45) is 0 Å². The Labute approximate surface area is 461 Å². The second-order valence-corrected chi connectivity index (χ2v) is 22.5. The van der Waals surface area contributed by atoms with Gasteiger partial charge in [0.25, 0.3) is 0 Å². The molecule has 0 saturated carbocycles. The number of aliphatic hydroxyl groups excluding tert-OH is 5. The average molecular weight is 1060 g/mol. The highest BCUT2D eigenvalue weighted by molar-refractivity contribution is 5.76. The van der Waals surface area contributed by atoms with E-state index in [4.69, 9.17) is 14.2 Å². The van der Waals surface area contributed by atoms with Gasteiger partial charge in [-0.05, 0) is 57.8 Å². The first-order valence-corrected chi connectivity index (χ1v) is 32.1. The number of ether oxygens (including phenoxy) is 3. The predicted molar refractivity (Wildman–Crippen MR) is 311 cm³/mol. The van der Waals surface area contributed by atoms with Crippen LogP contribution in [0.2, 0.25) is 0 Å². The number of esters is 1. The molecule has 7 atom stereocenters. The molecule has 1 heterocycles. The van der Waals surface area contributed by atoms with Crippen LogP contribution >= 0.6 is 0 Å². The summed E-state index contributed by atoms with van der Waals surface area (Å²) in [5.74, 6) is -0.181. The van der Waals surface area contributed by atoms with Crippen LogP contribution in [0.15, 0.2) is 24.3 Å². The van der Waals surface area contributed by atoms with Crippen molar-refractivity contribution >= 4 is 11.9 Å². The van der Waals surface area contributed by atoms with Gasteiger partial charge in [0.15, 0.2) is 6.29 Å². The van der Waals surface area contributed by atoms with Gasteiger partial charge < -0.3 is 45.1 Å². The molecular weight excluding hydrogens is 943 g/mol. The van der Waals surface area contributed by atoms with Gasteiger partial charge in [0, 0.05) is 12.8 Å². The summed E-state index contributed by atoms with van der Waals surface area (Å²) in [6, 6.07) is -0.810. The molecule has 1 saturated heterocycles. The first-order valence-electron chi connectivity index (χ1n) is 32.1. The molecule has 0 spiro atoms. The Kier molecular flexibility index (Phi) is 51.3. The summed E-state index contributed by atoms with van der Waals surface area (Å²) >= 11 is 0. The monoisotopic (exact) mass is 1060 g/mol. The third-order valence-electron chi connectivity index (χ3n) is 15.3. The second-order valence-electron chi connectivity index (χ2n) is 22.5. The van der Waals surface area contributed by atoms with E-state index in [0.717, 1.165) is 57.8 Å². The molecule has 0 aromatic rings. The third kappa shape index (κ3) is 43.7. The van der Waals surface area contributed by atoms with Gasteiger partial charge in [0.2, 0.25) is 5.91 Å². The Hall–Kier alpha value is -1.86. The van der Waals surface area contributed by atoms with E-state index in [-0.39, 0.29) is 18.5 Å². The maximum atomic E-state index is 13.0. The largest absolute Gasteiger partial charge is 0.466 e. The lowest BCUT2D eigenvalue weighted by Gasteiger charge is -2.40. The fourth-order valence-electron chi connectivity index (χ4n) is 10.2. The molecule has 7 unspecified atom stereocenters. The van der Waals surface area contributed by atoms with E-state index in [2.05, 4.69) is 31.3 Å². The molecule has 1 fully saturated rings. The highest BCUT2D eigenvalue weighted by Gasteiger charge is 2.44. The van der Waals surface area contributed by atoms with E-state index in [0.29, 0.717) is 19.4 Å². The minimum atomic E-state index is -1.57. The Morgan fingerprint density at radius 3 is 1.28 bits per heavy atom. The van der Waals surface area contributed by atoms with Crippen molar-refractivity contribution in [3.05, 3.63) is 24.3 Å². The number of hydrogen-bond donors (Lipinski definition) is 6. The number of hydrogen-bond acceptors (Lipinski definition) is 10. The van der Waals surface area contributed by atoms with Crippen LogP contribution in [0.3, 0.4) is 0 Å². The molecule has 75 heavy (non-hydrogen) atoms. The smallest absolute Gasteiger partial charge is 0.305 e. The van der Waals surface area contributed by atoms with Crippen LogP contribution in [0, 0.1) is 0 Å². The van der Waals surface area contributed by atoms with Gasteiger partial charge in [0.1, 0.15) is 24.4 Å². The molecule has 6 N–H and O–H groups in total. The normalized spacial score (nSPS) is 18.8. The lowest BCUT2D eigenvalue weighted by molar-refractivity contribution is -0.302. The Balaban J connectivity index is 1.97. The van der Waals surface area contributed by atoms with Gasteiger partial charge in [-0.1, -0.05) is 263 Å². The van der Waals surface area contributed by atoms with E-state index < -0.39 is 49.5 Å². The summed E-state index contributed by atoms with van der Waals surface area (Å²) < 4.78 is 16.7. The van der Waals surface area contributed by atoms with Crippen molar-refractivity contribution in [3.63, 3.8) is 0 Å². The summed E-state index contributed by atoms with van der Waals surface area (Å²) in [4.78, 5) is 25.0. The predicted octanol–water partition coefficient (Wildman–Crippen LogP) is 15.3. The van der Waals surface area contributed by atoms with Crippen LogP contribution in [0.1, 0.15) is 309 Å². The molecule has 1 aliphatic rings. The number of unbranched alkanes of at least 4 members (excludes halogenated alkanes) is 40. The van der Waals surface area contributed by atoms with Gasteiger partial charge in [-0.15, -0.1) is 0 Å². The maximum absolute atomic E-state index is 13.0. The van der Waals surface area contributed by atoms with Crippen molar-refractivity contribution in [3.8, 4) is 0 Å². The summed E-state index contributed by atoms with van der Waals surface area (Å²) in [7, 11) is 0. The molecule has 0 aromatic heterocycles. The van der Waals surface area contributed by atoms with Crippen molar-refractivity contribution < 1.29 is 49.3 Å². The number of carbonyl (C=O) groups excluding carboxylic acids is 2. The first kappa shape index (κ1) is 71.2. The minimum absolute atomic E-state index is 0.00459. The molecule has 0 radical (unpaired) electrons. The first-order chi connectivity index (χ1) is 36.7. The van der Waals surface area contributed by atoms with Gasteiger partial charge in [-0.2, -0.15) is 0 Å². The van der Waals surface area contributed by atoms with Gasteiger partial charge in [0.05, 0.1) is 32.0 Å². The fraction of sp³-hybridized carbons (Fsp3) is 0.906. The van der Waals surface area contributed by atoms with Crippen molar-refractivity contribution in [1.29, 1.82) is 0 Å². The summed E-state index contributed by atoms with van der Waals surface area (Å²) in [5, 5.41) is 54.2. The van der Waals surface area contributed by atoms with Gasteiger partial charge in [-0.25, -0.2) is 0 Å². The molecule has 1 aliphatic heterocycles. The zero-order valence-electron chi connectivity index (χ0n) is 48.8. The summed E-state index contributed by atoms with van der Waals surface area (Å²) in [6.07, 6.45) is 55.9.